The zero-order chi connectivity index (χ0) is 17.9. The van der Waals surface area contributed by atoms with Crippen molar-refractivity contribution in [3.05, 3.63) is 35.0 Å². The zero-order valence-corrected chi connectivity index (χ0v) is 15.3. The van der Waals surface area contributed by atoms with Crippen LogP contribution in [0.4, 0.5) is 5.82 Å². The van der Waals surface area contributed by atoms with Gasteiger partial charge in [-0.25, -0.2) is 4.68 Å². The molecule has 0 spiro atoms. The van der Waals surface area contributed by atoms with Gasteiger partial charge in [0.25, 0.3) is 0 Å². The Morgan fingerprint density at radius 3 is 2.88 bits per heavy atom. The van der Waals surface area contributed by atoms with Crippen molar-refractivity contribution in [3.8, 4) is 11.5 Å². The quantitative estimate of drug-likeness (QED) is 0.877. The van der Waals surface area contributed by atoms with E-state index in [1.54, 1.807) is 12.3 Å². The van der Waals surface area contributed by atoms with Gasteiger partial charge >= 0.3 is 0 Å². The molecule has 1 aliphatic carbocycles. The van der Waals surface area contributed by atoms with Crippen LogP contribution >= 0.6 is 11.6 Å². The summed E-state index contributed by atoms with van der Waals surface area (Å²) in [4.78, 5) is 12.5. The van der Waals surface area contributed by atoms with Gasteiger partial charge in [-0.3, -0.25) is 4.79 Å². The van der Waals surface area contributed by atoms with E-state index in [0.717, 1.165) is 24.2 Å². The van der Waals surface area contributed by atoms with E-state index in [2.05, 4.69) is 10.4 Å². The fourth-order valence-corrected chi connectivity index (χ4v) is 3.96. The number of aromatic nitrogens is 2. The molecule has 1 fully saturated rings. The number of anilines is 1. The first-order valence-electron chi connectivity index (χ1n) is 9.12. The Hall–Kier alpha value is -2.21. The summed E-state index contributed by atoms with van der Waals surface area (Å²) in [6, 6.07) is 5.80. The lowest BCUT2D eigenvalue weighted by Gasteiger charge is -2.24. The fourth-order valence-electron chi connectivity index (χ4n) is 3.67. The van der Waals surface area contributed by atoms with E-state index in [1.807, 2.05) is 16.8 Å². The second-order valence-corrected chi connectivity index (χ2v) is 7.19. The molecular weight excluding hydrogens is 354 g/mol. The van der Waals surface area contributed by atoms with Gasteiger partial charge in [0, 0.05) is 6.07 Å². The third-order valence-corrected chi connectivity index (χ3v) is 5.16. The molecule has 2 heterocycles. The van der Waals surface area contributed by atoms with E-state index in [4.69, 9.17) is 21.1 Å². The van der Waals surface area contributed by atoms with Gasteiger partial charge in [0.1, 0.15) is 19.0 Å². The number of halogens is 1. The smallest absolute Gasteiger partial charge is 0.229 e. The van der Waals surface area contributed by atoms with Crippen LogP contribution in [0.3, 0.4) is 0 Å². The maximum atomic E-state index is 12.5. The molecule has 1 aliphatic heterocycles. The molecule has 4 rings (SSSR count). The van der Waals surface area contributed by atoms with E-state index < -0.39 is 0 Å². The molecule has 0 atom stereocenters. The summed E-state index contributed by atoms with van der Waals surface area (Å²) in [6.07, 6.45) is 7.90. The van der Waals surface area contributed by atoms with Crippen LogP contribution < -0.4 is 14.8 Å². The first kappa shape index (κ1) is 17.2. The van der Waals surface area contributed by atoms with Crippen molar-refractivity contribution < 1.29 is 14.3 Å². The van der Waals surface area contributed by atoms with Crippen LogP contribution in [0.2, 0.25) is 5.02 Å². The third-order valence-electron chi connectivity index (χ3n) is 4.88. The van der Waals surface area contributed by atoms with Crippen LogP contribution in [0.1, 0.15) is 43.7 Å². The lowest BCUT2D eigenvalue weighted by Crippen LogP contribution is -2.21. The highest BCUT2D eigenvalue weighted by atomic mass is 35.5. The molecule has 0 bridgehead atoms. The Kier molecular flexibility index (Phi) is 5.02. The lowest BCUT2D eigenvalue weighted by molar-refractivity contribution is -0.115. The molecule has 1 N–H and O–H groups in total. The summed E-state index contributed by atoms with van der Waals surface area (Å²) in [6.45, 7) is 0.970. The van der Waals surface area contributed by atoms with E-state index >= 15 is 0 Å². The molecule has 1 saturated carbocycles. The van der Waals surface area contributed by atoms with Crippen LogP contribution in [0.25, 0.3) is 0 Å². The molecule has 138 valence electrons. The Morgan fingerprint density at radius 2 is 2.04 bits per heavy atom. The number of hydrogen-bond acceptors (Lipinski definition) is 4. The van der Waals surface area contributed by atoms with Crippen molar-refractivity contribution >= 4 is 23.3 Å². The molecule has 2 aromatic rings. The van der Waals surface area contributed by atoms with Gasteiger partial charge in [-0.2, -0.15) is 5.10 Å². The molecule has 6 nitrogen and oxygen atoms in total. The first-order chi connectivity index (χ1) is 12.7. The molecular formula is C19H22ClN3O3. The van der Waals surface area contributed by atoms with Crippen molar-refractivity contribution in [3.63, 3.8) is 0 Å². The number of carbonyl (C=O) groups excluding carboxylic acids is 1. The lowest BCUT2D eigenvalue weighted by atomic mass is 9.96. The number of nitrogens with zero attached hydrogens (tertiary/aromatic N) is 2. The van der Waals surface area contributed by atoms with Crippen LogP contribution in [0.15, 0.2) is 24.4 Å². The Bertz CT molecular complexity index is 799. The second-order valence-electron chi connectivity index (χ2n) is 6.78. The number of hydrogen-bond donors (Lipinski definition) is 1. The fraction of sp³-hybridized carbons (Fsp3) is 0.474. The monoisotopic (exact) mass is 375 g/mol. The summed E-state index contributed by atoms with van der Waals surface area (Å²) in [7, 11) is 0. The molecule has 0 unspecified atom stereocenters. The minimum absolute atomic E-state index is 0.102. The zero-order valence-electron chi connectivity index (χ0n) is 14.5. The highest BCUT2D eigenvalue weighted by Gasteiger charge is 2.20. The standard InChI is InChI=1S/C19H22ClN3O3/c20-15-10-13(11-16-19(15)26-9-8-25-16)12-18(24)22-17-6-7-21-23(17)14-4-2-1-3-5-14/h6-7,10-11,14H,1-5,8-9,12H2,(H,22,24). The molecule has 26 heavy (non-hydrogen) atoms. The molecule has 1 aromatic heterocycles. The number of fused-ring (bicyclic) bond motifs is 1. The summed E-state index contributed by atoms with van der Waals surface area (Å²) in [5.41, 5.74) is 0.792. The highest BCUT2D eigenvalue weighted by molar-refractivity contribution is 6.32. The summed E-state index contributed by atoms with van der Waals surface area (Å²) >= 11 is 6.25. The van der Waals surface area contributed by atoms with E-state index in [0.29, 0.717) is 35.8 Å². The van der Waals surface area contributed by atoms with Crippen LogP contribution in [-0.4, -0.2) is 28.9 Å². The van der Waals surface area contributed by atoms with E-state index in [1.165, 1.54) is 19.3 Å². The predicted octanol–water partition coefficient (Wildman–Crippen LogP) is 3.99. The van der Waals surface area contributed by atoms with Gasteiger partial charge in [0.15, 0.2) is 11.5 Å². The Morgan fingerprint density at radius 1 is 1.23 bits per heavy atom. The van der Waals surface area contributed by atoms with Gasteiger partial charge in [0.2, 0.25) is 5.91 Å². The predicted molar refractivity (Wildman–Crippen MR) is 99.1 cm³/mol. The topological polar surface area (TPSA) is 65.4 Å². The number of amides is 1. The second kappa shape index (κ2) is 7.58. The summed E-state index contributed by atoms with van der Waals surface area (Å²) in [5, 5.41) is 7.87. The largest absolute Gasteiger partial charge is 0.486 e. The SMILES string of the molecule is O=C(Cc1cc(Cl)c2c(c1)OCCO2)Nc1ccnn1C1CCCCC1. The maximum absolute atomic E-state index is 12.5. The molecule has 2 aliphatic rings. The van der Waals surface area contributed by atoms with Gasteiger partial charge < -0.3 is 14.8 Å². The van der Waals surface area contributed by atoms with Crippen LogP contribution in [0, 0.1) is 0 Å². The molecule has 1 amide bonds. The van der Waals surface area contributed by atoms with Crippen LogP contribution in [0.5, 0.6) is 11.5 Å². The van der Waals surface area contributed by atoms with Crippen molar-refractivity contribution in [2.24, 2.45) is 0 Å². The summed E-state index contributed by atoms with van der Waals surface area (Å²) in [5.74, 6) is 1.80. The van der Waals surface area contributed by atoms with Gasteiger partial charge in [0.05, 0.1) is 23.7 Å². The number of rotatable bonds is 4. The maximum Gasteiger partial charge on any atom is 0.229 e. The molecule has 0 radical (unpaired) electrons. The molecule has 7 heteroatoms. The minimum Gasteiger partial charge on any atom is -0.486 e. The van der Waals surface area contributed by atoms with Crippen molar-refractivity contribution in [1.29, 1.82) is 0 Å². The van der Waals surface area contributed by atoms with Crippen molar-refractivity contribution in [2.75, 3.05) is 18.5 Å². The van der Waals surface area contributed by atoms with Crippen molar-refractivity contribution in [2.45, 2.75) is 44.6 Å². The first-order valence-corrected chi connectivity index (χ1v) is 9.50. The van der Waals surface area contributed by atoms with Gasteiger partial charge in [-0.05, 0) is 30.5 Å². The molecule has 0 saturated heterocycles. The van der Waals surface area contributed by atoms with Gasteiger partial charge in [-0.1, -0.05) is 30.9 Å². The molecule has 1 aromatic carbocycles. The normalized spacial score (nSPS) is 17.1. The highest BCUT2D eigenvalue weighted by Crippen LogP contribution is 2.38. The van der Waals surface area contributed by atoms with Crippen molar-refractivity contribution in [1.82, 2.24) is 9.78 Å². The van der Waals surface area contributed by atoms with Gasteiger partial charge in [-0.15, -0.1) is 0 Å². The minimum atomic E-state index is -0.102. The average molecular weight is 376 g/mol. The number of benzene rings is 1. The average Bonchev–Trinajstić information content (AvgIpc) is 3.10. The summed E-state index contributed by atoms with van der Waals surface area (Å²) < 4.78 is 13.0. The number of nitrogens with one attached hydrogen (secondary N) is 1. The Balaban J connectivity index is 1.45. The number of carbonyl (C=O) groups is 1. The third kappa shape index (κ3) is 3.65. The number of ether oxygens (including phenoxy) is 2. The van der Waals surface area contributed by atoms with E-state index in [-0.39, 0.29) is 12.3 Å². The van der Waals surface area contributed by atoms with E-state index in [9.17, 15) is 4.79 Å². The van der Waals surface area contributed by atoms with Crippen LogP contribution in [-0.2, 0) is 11.2 Å². The Labute approximate surface area is 157 Å².